The largest absolute Gasteiger partial charge is 0.481 e. The summed E-state index contributed by atoms with van der Waals surface area (Å²) in [6.45, 7) is 4.07. The van der Waals surface area contributed by atoms with E-state index >= 15 is 0 Å². The maximum Gasteiger partial charge on any atom is 0.313 e. The molecule has 3 saturated carbocycles. The maximum absolute atomic E-state index is 13.1. The van der Waals surface area contributed by atoms with Gasteiger partial charge in [-0.15, -0.1) is 0 Å². The number of carboxylic acids is 1. The number of aliphatic hydroxyl groups is 1. The molecule has 176 valence electrons. The van der Waals surface area contributed by atoms with Crippen LogP contribution in [0.1, 0.15) is 71.6 Å². The van der Waals surface area contributed by atoms with Crippen LogP contribution in [0.5, 0.6) is 0 Å². The predicted octanol–water partition coefficient (Wildman–Crippen LogP) is 3.08. The minimum Gasteiger partial charge on any atom is -0.481 e. The monoisotopic (exact) mass is 446 g/mol. The minimum atomic E-state index is -1.05. The van der Waals surface area contributed by atoms with E-state index in [0.29, 0.717) is 31.1 Å². The molecular weight excluding hydrogens is 412 g/mol. The number of aliphatic hydroxyl groups excluding tert-OH is 1. The first-order valence-electron chi connectivity index (χ1n) is 11.9. The third-order valence-electron chi connectivity index (χ3n) is 9.18. The Hall–Kier alpha value is -2.02. The molecule has 7 atom stereocenters. The average Bonchev–Trinajstić information content (AvgIpc) is 3.04. The Balaban J connectivity index is 1.49. The fourth-order valence-electron chi connectivity index (χ4n) is 7.78. The number of carboxylic acid groups (broad SMARTS) is 1. The summed E-state index contributed by atoms with van der Waals surface area (Å²) in [6.07, 6.45) is 5.90. The van der Waals surface area contributed by atoms with Gasteiger partial charge in [-0.05, 0) is 73.2 Å². The van der Waals surface area contributed by atoms with Crippen LogP contribution >= 0.6 is 0 Å². The van der Waals surface area contributed by atoms with Gasteiger partial charge >= 0.3 is 11.9 Å². The molecule has 0 spiro atoms. The fourth-order valence-corrected chi connectivity index (χ4v) is 7.78. The average molecular weight is 447 g/mol. The summed E-state index contributed by atoms with van der Waals surface area (Å²) in [4.78, 5) is 47.7. The summed E-state index contributed by atoms with van der Waals surface area (Å²) in [5.41, 5.74) is 0.668. The zero-order valence-corrected chi connectivity index (χ0v) is 19.0. The second-order valence-electron chi connectivity index (χ2n) is 10.8. The molecule has 0 radical (unpaired) electrons. The number of allylic oxidation sites excluding steroid dienone is 1. The molecule has 0 aromatic heterocycles. The van der Waals surface area contributed by atoms with Crippen LogP contribution in [0.4, 0.5) is 0 Å². The van der Waals surface area contributed by atoms with Crippen LogP contribution in [0.15, 0.2) is 11.6 Å². The highest BCUT2D eigenvalue weighted by atomic mass is 16.5. The van der Waals surface area contributed by atoms with Crippen molar-refractivity contribution in [1.29, 1.82) is 0 Å². The molecule has 0 aliphatic heterocycles. The summed E-state index contributed by atoms with van der Waals surface area (Å²) in [6, 6.07) is 0. The van der Waals surface area contributed by atoms with Crippen molar-refractivity contribution >= 4 is 23.5 Å². The summed E-state index contributed by atoms with van der Waals surface area (Å²) >= 11 is 0. The molecule has 0 heterocycles. The van der Waals surface area contributed by atoms with E-state index in [9.17, 15) is 24.3 Å². The molecule has 0 bridgehead atoms. The number of esters is 1. The molecule has 0 aromatic carbocycles. The first-order valence-corrected chi connectivity index (χ1v) is 11.9. The van der Waals surface area contributed by atoms with E-state index in [1.807, 2.05) is 6.08 Å². The second-order valence-corrected chi connectivity index (χ2v) is 10.8. The van der Waals surface area contributed by atoms with Crippen LogP contribution in [-0.4, -0.2) is 46.4 Å². The number of aliphatic carboxylic acids is 1. The summed E-state index contributed by atoms with van der Waals surface area (Å²) in [5.74, 6) is -1.29. The van der Waals surface area contributed by atoms with Crippen molar-refractivity contribution in [2.24, 2.45) is 34.5 Å². The number of fused-ring (bicyclic) bond motifs is 5. The first-order chi connectivity index (χ1) is 15.1. The molecule has 7 nitrogen and oxygen atoms in total. The molecule has 4 rings (SSSR count). The number of ketones is 2. The molecule has 3 fully saturated rings. The Bertz CT molecular complexity index is 860. The number of rotatable bonds is 6. The van der Waals surface area contributed by atoms with Gasteiger partial charge in [0.1, 0.15) is 18.8 Å². The van der Waals surface area contributed by atoms with Gasteiger partial charge in [0, 0.05) is 12.3 Å². The van der Waals surface area contributed by atoms with E-state index in [4.69, 9.17) is 9.84 Å². The van der Waals surface area contributed by atoms with Crippen LogP contribution in [0.2, 0.25) is 0 Å². The van der Waals surface area contributed by atoms with E-state index in [1.54, 1.807) is 0 Å². The zero-order valence-electron chi connectivity index (χ0n) is 19.0. The van der Waals surface area contributed by atoms with Crippen LogP contribution in [0.25, 0.3) is 0 Å². The smallest absolute Gasteiger partial charge is 0.313 e. The summed E-state index contributed by atoms with van der Waals surface area (Å²) in [5, 5.41) is 20.0. The molecule has 2 N–H and O–H groups in total. The van der Waals surface area contributed by atoms with Gasteiger partial charge in [0.05, 0.1) is 12.5 Å². The SMILES string of the molecule is C[C@]12C[C@@H](O)[C@@H]3[C@H](CCC4=CC(=O)CC[C@@]43C)[C@H]1CC[C@H]2C(=O)CC(=O)OCCC(=O)O. The standard InChI is InChI=1S/C25H34O7/c1-24-9-7-15(26)11-14(24)3-4-16-17-5-6-18(25(17,2)13-20(28)23(16)24)19(27)12-22(31)32-10-8-21(29)30/h11,16-18,20,23,28H,3-10,12-13H2,1-2H3,(H,29,30)/t16-,17-,18+,20-,23+,24+,25+/m1/s1. The quantitative estimate of drug-likeness (QED) is 0.475. The number of hydrogen-bond donors (Lipinski definition) is 2. The zero-order chi connectivity index (χ0) is 23.3. The lowest BCUT2D eigenvalue weighted by atomic mass is 9.46. The summed E-state index contributed by atoms with van der Waals surface area (Å²) < 4.78 is 4.92. The van der Waals surface area contributed by atoms with Crippen LogP contribution in [0, 0.1) is 34.5 Å². The van der Waals surface area contributed by atoms with Gasteiger partial charge in [-0.1, -0.05) is 19.4 Å². The molecule has 0 saturated heterocycles. The van der Waals surface area contributed by atoms with E-state index < -0.39 is 18.0 Å². The van der Waals surface area contributed by atoms with Crippen LogP contribution < -0.4 is 0 Å². The number of Topliss-reactive ketones (excluding diaryl/α,β-unsaturated/α-hetero) is 1. The first kappa shape index (κ1) is 23.1. The number of carbonyl (C=O) groups is 4. The maximum atomic E-state index is 13.1. The van der Waals surface area contributed by atoms with Gasteiger partial charge in [-0.2, -0.15) is 0 Å². The predicted molar refractivity (Wildman–Crippen MR) is 114 cm³/mol. The van der Waals surface area contributed by atoms with Gasteiger partial charge < -0.3 is 14.9 Å². The lowest BCUT2D eigenvalue weighted by molar-refractivity contribution is -0.152. The number of ether oxygens (including phenoxy) is 1. The molecule has 7 heteroatoms. The van der Waals surface area contributed by atoms with Crippen LogP contribution in [-0.2, 0) is 23.9 Å². The van der Waals surface area contributed by atoms with Gasteiger partial charge in [0.2, 0.25) is 0 Å². The highest BCUT2D eigenvalue weighted by molar-refractivity contribution is 5.97. The molecule has 32 heavy (non-hydrogen) atoms. The third-order valence-corrected chi connectivity index (χ3v) is 9.18. The van der Waals surface area contributed by atoms with Gasteiger partial charge in [0.25, 0.3) is 0 Å². The molecule has 0 unspecified atom stereocenters. The van der Waals surface area contributed by atoms with E-state index in [1.165, 1.54) is 5.57 Å². The van der Waals surface area contributed by atoms with Crippen LogP contribution in [0.3, 0.4) is 0 Å². The number of hydrogen-bond acceptors (Lipinski definition) is 6. The highest BCUT2D eigenvalue weighted by Crippen LogP contribution is 2.66. The summed E-state index contributed by atoms with van der Waals surface area (Å²) in [7, 11) is 0. The fraction of sp³-hybridized carbons (Fsp3) is 0.760. The minimum absolute atomic E-state index is 0.100. The van der Waals surface area contributed by atoms with E-state index in [2.05, 4.69) is 13.8 Å². The Kier molecular flexibility index (Phi) is 6.07. The highest BCUT2D eigenvalue weighted by Gasteiger charge is 2.62. The second kappa shape index (κ2) is 8.40. The Morgan fingerprint density at radius 2 is 1.91 bits per heavy atom. The topological polar surface area (TPSA) is 118 Å². The van der Waals surface area contributed by atoms with Gasteiger partial charge in [0.15, 0.2) is 5.78 Å². The third kappa shape index (κ3) is 3.82. The molecule has 0 aromatic rings. The van der Waals surface area contributed by atoms with Crippen molar-refractivity contribution in [2.75, 3.05) is 6.61 Å². The number of carbonyl (C=O) groups excluding carboxylic acids is 3. The lowest BCUT2D eigenvalue weighted by Crippen LogP contribution is -2.57. The molecular formula is C25H34O7. The lowest BCUT2D eigenvalue weighted by Gasteiger charge is -2.59. The van der Waals surface area contributed by atoms with Crippen molar-refractivity contribution in [1.82, 2.24) is 0 Å². The van der Waals surface area contributed by atoms with E-state index in [0.717, 1.165) is 25.7 Å². The van der Waals surface area contributed by atoms with Gasteiger partial charge in [-0.25, -0.2) is 0 Å². The van der Waals surface area contributed by atoms with Crippen molar-refractivity contribution in [3.8, 4) is 0 Å². The molecule has 4 aliphatic carbocycles. The van der Waals surface area contributed by atoms with Gasteiger partial charge in [-0.3, -0.25) is 19.2 Å². The van der Waals surface area contributed by atoms with Crippen molar-refractivity contribution in [3.63, 3.8) is 0 Å². The van der Waals surface area contributed by atoms with Crippen molar-refractivity contribution in [2.45, 2.75) is 77.7 Å². The Morgan fingerprint density at radius 1 is 1.16 bits per heavy atom. The van der Waals surface area contributed by atoms with Crippen molar-refractivity contribution in [3.05, 3.63) is 11.6 Å². The molecule has 4 aliphatic rings. The molecule has 0 amide bonds. The normalized spacial score (nSPS) is 40.5. The Morgan fingerprint density at radius 3 is 2.62 bits per heavy atom. The Labute approximate surface area is 188 Å². The van der Waals surface area contributed by atoms with E-state index in [-0.39, 0.29) is 53.7 Å². The van der Waals surface area contributed by atoms with Crippen molar-refractivity contribution < 1.29 is 34.1 Å².